The molecule has 1 unspecified atom stereocenters. The van der Waals surface area contributed by atoms with Crippen LogP contribution in [0.4, 0.5) is 11.4 Å². The van der Waals surface area contributed by atoms with Crippen molar-refractivity contribution < 1.29 is 14.3 Å². The van der Waals surface area contributed by atoms with Crippen LogP contribution < -0.4 is 20.3 Å². The monoisotopic (exact) mass is 393 g/mol. The van der Waals surface area contributed by atoms with Crippen LogP contribution in [0.2, 0.25) is 0 Å². The molecular weight excluding hydrogens is 366 g/mol. The van der Waals surface area contributed by atoms with E-state index in [0.717, 1.165) is 30.6 Å². The molecular formula is C23H27N3O3. The molecule has 0 bridgehead atoms. The number of carbonyl (C=O) groups excluding carboxylic acids is 2. The van der Waals surface area contributed by atoms with Crippen LogP contribution in [-0.4, -0.2) is 37.6 Å². The van der Waals surface area contributed by atoms with Gasteiger partial charge in [-0.15, -0.1) is 0 Å². The largest absolute Gasteiger partial charge is 0.477 e. The first-order chi connectivity index (χ1) is 14.1. The molecule has 152 valence electrons. The van der Waals surface area contributed by atoms with E-state index in [4.69, 9.17) is 4.74 Å². The van der Waals surface area contributed by atoms with Gasteiger partial charge < -0.3 is 20.3 Å². The van der Waals surface area contributed by atoms with Gasteiger partial charge in [0.25, 0.3) is 5.91 Å². The van der Waals surface area contributed by atoms with Gasteiger partial charge >= 0.3 is 0 Å². The predicted octanol–water partition coefficient (Wildman–Crippen LogP) is 2.91. The molecule has 29 heavy (non-hydrogen) atoms. The lowest BCUT2D eigenvalue weighted by Gasteiger charge is -2.35. The fourth-order valence-electron chi connectivity index (χ4n) is 3.98. The number of aryl methyl sites for hydroxylation is 2. The number of para-hydroxylation sites is 2. The highest BCUT2D eigenvalue weighted by molar-refractivity contribution is 5.95. The molecule has 0 spiro atoms. The summed E-state index contributed by atoms with van der Waals surface area (Å²) in [6.07, 6.45) is 3.60. The number of benzene rings is 2. The van der Waals surface area contributed by atoms with E-state index in [1.807, 2.05) is 42.2 Å². The maximum atomic E-state index is 12.7. The van der Waals surface area contributed by atoms with Crippen LogP contribution in [0, 0.1) is 0 Å². The number of nitrogens with one attached hydrogen (secondary N) is 2. The van der Waals surface area contributed by atoms with Gasteiger partial charge in [0.15, 0.2) is 6.10 Å². The molecule has 0 fully saturated rings. The summed E-state index contributed by atoms with van der Waals surface area (Å²) in [4.78, 5) is 27.1. The third kappa shape index (κ3) is 4.36. The third-order valence-electron chi connectivity index (χ3n) is 5.42. The number of hydrogen-bond acceptors (Lipinski definition) is 4. The summed E-state index contributed by atoms with van der Waals surface area (Å²) in [6, 6.07) is 13.7. The summed E-state index contributed by atoms with van der Waals surface area (Å²) in [7, 11) is 0. The maximum absolute atomic E-state index is 12.7. The van der Waals surface area contributed by atoms with Crippen molar-refractivity contribution in [1.82, 2.24) is 5.32 Å². The van der Waals surface area contributed by atoms with E-state index in [2.05, 4.69) is 22.8 Å². The molecule has 6 heteroatoms. The number of rotatable bonds is 6. The Kier molecular flexibility index (Phi) is 5.69. The molecule has 4 rings (SSSR count). The van der Waals surface area contributed by atoms with E-state index in [-0.39, 0.29) is 18.4 Å². The molecule has 6 nitrogen and oxygen atoms in total. The number of fused-ring (bicyclic) bond motifs is 2. The molecule has 0 saturated carbocycles. The molecule has 1 atom stereocenters. The summed E-state index contributed by atoms with van der Waals surface area (Å²) < 4.78 is 5.89. The van der Waals surface area contributed by atoms with E-state index in [9.17, 15) is 9.59 Å². The van der Waals surface area contributed by atoms with Crippen LogP contribution in [0.25, 0.3) is 0 Å². The maximum Gasteiger partial charge on any atom is 0.262 e. The molecule has 1 aliphatic heterocycles. The van der Waals surface area contributed by atoms with Crippen molar-refractivity contribution in [2.75, 3.05) is 29.9 Å². The molecule has 2 aliphatic rings. The van der Waals surface area contributed by atoms with Gasteiger partial charge in [-0.1, -0.05) is 25.1 Å². The highest BCUT2D eigenvalue weighted by atomic mass is 16.5. The van der Waals surface area contributed by atoms with E-state index in [0.29, 0.717) is 18.8 Å². The van der Waals surface area contributed by atoms with Crippen LogP contribution >= 0.6 is 0 Å². The van der Waals surface area contributed by atoms with Gasteiger partial charge in [-0.2, -0.15) is 0 Å². The van der Waals surface area contributed by atoms with Gasteiger partial charge in [0, 0.05) is 12.2 Å². The Hall–Kier alpha value is -3.02. The SMILES string of the molecule is CCCNC(=O)C1CN(CC(=O)Nc2ccc3c(c2)CCC3)c2ccccc2O1. The minimum absolute atomic E-state index is 0.104. The second-order valence-electron chi connectivity index (χ2n) is 7.63. The molecule has 0 radical (unpaired) electrons. The second kappa shape index (κ2) is 8.55. The zero-order chi connectivity index (χ0) is 20.2. The minimum atomic E-state index is -0.635. The van der Waals surface area contributed by atoms with Crippen molar-refractivity contribution in [2.45, 2.75) is 38.7 Å². The zero-order valence-corrected chi connectivity index (χ0v) is 16.7. The topological polar surface area (TPSA) is 70.7 Å². The molecule has 2 amide bonds. The fraction of sp³-hybridized carbons (Fsp3) is 0.391. The quantitative estimate of drug-likeness (QED) is 0.792. The molecule has 1 aliphatic carbocycles. The van der Waals surface area contributed by atoms with Crippen molar-refractivity contribution >= 4 is 23.2 Å². The number of amides is 2. The smallest absolute Gasteiger partial charge is 0.262 e. The van der Waals surface area contributed by atoms with Crippen LogP contribution in [0.3, 0.4) is 0 Å². The highest BCUT2D eigenvalue weighted by Gasteiger charge is 2.31. The normalized spacial score (nSPS) is 17.1. The summed E-state index contributed by atoms with van der Waals surface area (Å²) in [5.74, 6) is 0.374. The summed E-state index contributed by atoms with van der Waals surface area (Å²) in [5, 5.41) is 5.89. The van der Waals surface area contributed by atoms with Crippen molar-refractivity contribution in [3.63, 3.8) is 0 Å². The Balaban J connectivity index is 1.46. The zero-order valence-electron chi connectivity index (χ0n) is 16.7. The van der Waals surface area contributed by atoms with E-state index >= 15 is 0 Å². The minimum Gasteiger partial charge on any atom is -0.477 e. The van der Waals surface area contributed by atoms with Crippen LogP contribution in [0.15, 0.2) is 42.5 Å². The Morgan fingerprint density at radius 1 is 1.14 bits per heavy atom. The van der Waals surface area contributed by atoms with Crippen molar-refractivity contribution in [3.8, 4) is 5.75 Å². The van der Waals surface area contributed by atoms with Crippen molar-refractivity contribution in [1.29, 1.82) is 0 Å². The molecule has 2 N–H and O–H groups in total. The Morgan fingerprint density at radius 2 is 1.97 bits per heavy atom. The summed E-state index contributed by atoms with van der Waals surface area (Å²) in [6.45, 7) is 3.12. The van der Waals surface area contributed by atoms with Crippen LogP contribution in [0.5, 0.6) is 5.75 Å². The van der Waals surface area contributed by atoms with E-state index in [1.165, 1.54) is 17.5 Å². The van der Waals surface area contributed by atoms with E-state index in [1.54, 1.807) is 0 Å². The molecule has 0 saturated heterocycles. The van der Waals surface area contributed by atoms with Gasteiger partial charge in [0.2, 0.25) is 5.91 Å². The first-order valence-electron chi connectivity index (χ1n) is 10.3. The summed E-state index contributed by atoms with van der Waals surface area (Å²) >= 11 is 0. The molecule has 1 heterocycles. The van der Waals surface area contributed by atoms with Gasteiger partial charge in [0.05, 0.1) is 18.8 Å². The van der Waals surface area contributed by atoms with Crippen LogP contribution in [0.1, 0.15) is 30.9 Å². The standard InChI is InChI=1S/C23H27N3O3/c1-2-12-24-23(28)21-14-26(19-8-3-4-9-20(19)29-21)15-22(27)25-18-11-10-16-6-5-7-17(16)13-18/h3-4,8-11,13,21H,2,5-7,12,14-15H2,1H3,(H,24,28)(H,25,27). The third-order valence-corrected chi connectivity index (χ3v) is 5.42. The summed E-state index contributed by atoms with van der Waals surface area (Å²) in [5.41, 5.74) is 4.36. The fourth-order valence-corrected chi connectivity index (χ4v) is 3.98. The lowest BCUT2D eigenvalue weighted by molar-refractivity contribution is -0.128. The second-order valence-corrected chi connectivity index (χ2v) is 7.63. The van der Waals surface area contributed by atoms with Crippen molar-refractivity contribution in [3.05, 3.63) is 53.6 Å². The lowest BCUT2D eigenvalue weighted by atomic mass is 10.1. The first kappa shape index (κ1) is 19.3. The van der Waals surface area contributed by atoms with Crippen LogP contribution in [-0.2, 0) is 22.4 Å². The molecule has 0 aromatic heterocycles. The number of nitrogens with zero attached hydrogens (tertiary/aromatic N) is 1. The average Bonchev–Trinajstić information content (AvgIpc) is 3.19. The lowest BCUT2D eigenvalue weighted by Crippen LogP contribution is -2.50. The predicted molar refractivity (Wildman–Crippen MR) is 113 cm³/mol. The van der Waals surface area contributed by atoms with Gasteiger partial charge in [-0.25, -0.2) is 0 Å². The average molecular weight is 393 g/mol. The van der Waals surface area contributed by atoms with E-state index < -0.39 is 6.10 Å². The number of hydrogen-bond donors (Lipinski definition) is 2. The van der Waals surface area contributed by atoms with Gasteiger partial charge in [-0.05, 0) is 61.1 Å². The number of ether oxygens (including phenoxy) is 1. The number of carbonyl (C=O) groups is 2. The Morgan fingerprint density at radius 3 is 2.83 bits per heavy atom. The van der Waals surface area contributed by atoms with Gasteiger partial charge in [0.1, 0.15) is 5.75 Å². The molecule has 2 aromatic carbocycles. The van der Waals surface area contributed by atoms with Gasteiger partial charge in [-0.3, -0.25) is 9.59 Å². The van der Waals surface area contributed by atoms with Crippen molar-refractivity contribution in [2.24, 2.45) is 0 Å². The number of anilines is 2. The Labute approximate surface area is 171 Å². The first-order valence-corrected chi connectivity index (χ1v) is 10.3. The molecule has 2 aromatic rings. The highest BCUT2D eigenvalue weighted by Crippen LogP contribution is 2.33. The Bertz CT molecular complexity index is 912.